The van der Waals surface area contributed by atoms with Crippen molar-refractivity contribution in [1.29, 1.82) is 0 Å². The lowest BCUT2D eigenvalue weighted by molar-refractivity contribution is -0.137. The standard InChI is InChI=1S/C10H18N2O4/c1-2-3-4-5-8(13)11-6-9(14)12-7-10(15)16/h2-7H2,1H3,(H,11,13)(H,12,14)(H,15,16). The van der Waals surface area contributed by atoms with Gasteiger partial charge in [-0.2, -0.15) is 0 Å². The van der Waals surface area contributed by atoms with E-state index in [0.717, 1.165) is 19.3 Å². The van der Waals surface area contributed by atoms with Crippen molar-refractivity contribution in [2.24, 2.45) is 0 Å². The average Bonchev–Trinajstić information content (AvgIpc) is 2.24. The Kier molecular flexibility index (Phi) is 7.83. The molecule has 92 valence electrons. The largest absolute Gasteiger partial charge is 0.480 e. The molecule has 3 N–H and O–H groups in total. The number of nitrogens with one attached hydrogen (secondary N) is 2. The first-order chi connectivity index (χ1) is 7.56. The molecular weight excluding hydrogens is 212 g/mol. The van der Waals surface area contributed by atoms with Crippen molar-refractivity contribution in [3.05, 3.63) is 0 Å². The molecule has 0 saturated heterocycles. The third kappa shape index (κ3) is 8.98. The van der Waals surface area contributed by atoms with E-state index in [4.69, 9.17) is 5.11 Å². The molecule has 0 fully saturated rings. The van der Waals surface area contributed by atoms with E-state index in [1.165, 1.54) is 0 Å². The first-order valence-corrected chi connectivity index (χ1v) is 5.31. The number of carbonyl (C=O) groups excluding carboxylic acids is 2. The summed E-state index contributed by atoms with van der Waals surface area (Å²) in [5, 5.41) is 12.9. The van der Waals surface area contributed by atoms with Crippen LogP contribution in [0.2, 0.25) is 0 Å². The highest BCUT2D eigenvalue weighted by Gasteiger charge is 2.06. The molecule has 0 radical (unpaired) electrons. The Balaban J connectivity index is 3.51. The molecule has 0 aliphatic carbocycles. The second-order valence-electron chi connectivity index (χ2n) is 3.40. The maximum absolute atomic E-state index is 11.2. The Labute approximate surface area is 94.4 Å². The molecule has 0 aromatic heterocycles. The predicted octanol–water partition coefficient (Wildman–Crippen LogP) is -0.116. The average molecular weight is 230 g/mol. The highest BCUT2D eigenvalue weighted by Crippen LogP contribution is 1.97. The summed E-state index contributed by atoms with van der Waals surface area (Å²) >= 11 is 0. The molecule has 0 unspecified atom stereocenters. The van der Waals surface area contributed by atoms with Gasteiger partial charge < -0.3 is 15.7 Å². The van der Waals surface area contributed by atoms with Crippen molar-refractivity contribution in [3.8, 4) is 0 Å². The second kappa shape index (κ2) is 8.70. The first-order valence-electron chi connectivity index (χ1n) is 5.31. The van der Waals surface area contributed by atoms with Gasteiger partial charge in [-0.1, -0.05) is 19.8 Å². The molecule has 0 aromatic rings. The van der Waals surface area contributed by atoms with E-state index in [9.17, 15) is 14.4 Å². The van der Waals surface area contributed by atoms with Crippen LogP contribution in [0.5, 0.6) is 0 Å². The summed E-state index contributed by atoms with van der Waals surface area (Å²) in [5.74, 6) is -1.78. The van der Waals surface area contributed by atoms with Crippen LogP contribution in [0.3, 0.4) is 0 Å². The van der Waals surface area contributed by atoms with E-state index in [1.807, 2.05) is 6.92 Å². The van der Waals surface area contributed by atoms with Gasteiger partial charge in [-0.25, -0.2) is 0 Å². The lowest BCUT2D eigenvalue weighted by atomic mass is 10.2. The zero-order chi connectivity index (χ0) is 12.4. The highest BCUT2D eigenvalue weighted by molar-refractivity contribution is 5.86. The normalized spacial score (nSPS) is 9.56. The molecular formula is C10H18N2O4. The van der Waals surface area contributed by atoms with Crippen LogP contribution in [0.15, 0.2) is 0 Å². The van der Waals surface area contributed by atoms with Crippen LogP contribution in [0.1, 0.15) is 32.6 Å². The van der Waals surface area contributed by atoms with Crippen molar-refractivity contribution in [1.82, 2.24) is 10.6 Å². The summed E-state index contributed by atoms with van der Waals surface area (Å²) in [4.78, 5) is 32.3. The van der Waals surface area contributed by atoms with E-state index >= 15 is 0 Å². The number of carboxylic acid groups (broad SMARTS) is 1. The molecule has 0 aliphatic heterocycles. The predicted molar refractivity (Wildman–Crippen MR) is 57.8 cm³/mol. The third-order valence-corrected chi connectivity index (χ3v) is 1.89. The maximum atomic E-state index is 11.2. The minimum atomic E-state index is -1.11. The summed E-state index contributed by atoms with van der Waals surface area (Å²) in [6.07, 6.45) is 3.23. The summed E-state index contributed by atoms with van der Waals surface area (Å²) < 4.78 is 0. The molecule has 0 aromatic carbocycles. The van der Waals surface area contributed by atoms with Gasteiger partial charge in [0.1, 0.15) is 6.54 Å². The van der Waals surface area contributed by atoms with E-state index in [1.54, 1.807) is 0 Å². The second-order valence-corrected chi connectivity index (χ2v) is 3.40. The van der Waals surface area contributed by atoms with Crippen molar-refractivity contribution >= 4 is 17.8 Å². The fraction of sp³-hybridized carbons (Fsp3) is 0.700. The zero-order valence-corrected chi connectivity index (χ0v) is 9.41. The van der Waals surface area contributed by atoms with Crippen LogP contribution in [-0.4, -0.2) is 36.0 Å². The number of aliphatic carboxylic acids is 1. The summed E-state index contributed by atoms with van der Waals surface area (Å²) in [6.45, 7) is 1.44. The number of hydrogen-bond acceptors (Lipinski definition) is 3. The molecule has 6 heteroatoms. The Morgan fingerprint density at radius 3 is 2.19 bits per heavy atom. The molecule has 0 saturated carbocycles. The highest BCUT2D eigenvalue weighted by atomic mass is 16.4. The Morgan fingerprint density at radius 2 is 1.62 bits per heavy atom. The minimum Gasteiger partial charge on any atom is -0.480 e. The topological polar surface area (TPSA) is 95.5 Å². The quantitative estimate of drug-likeness (QED) is 0.507. The van der Waals surface area contributed by atoms with Gasteiger partial charge in [0.25, 0.3) is 0 Å². The summed E-state index contributed by atoms with van der Waals surface area (Å²) in [5.41, 5.74) is 0. The fourth-order valence-electron chi connectivity index (χ4n) is 1.04. The van der Waals surface area contributed by atoms with E-state index in [2.05, 4.69) is 10.6 Å². The first kappa shape index (κ1) is 14.4. The SMILES string of the molecule is CCCCCC(=O)NCC(=O)NCC(=O)O. The Hall–Kier alpha value is -1.59. The summed E-state index contributed by atoms with van der Waals surface area (Å²) in [7, 11) is 0. The van der Waals surface area contributed by atoms with Gasteiger partial charge in [0, 0.05) is 6.42 Å². The van der Waals surface area contributed by atoms with Gasteiger partial charge in [0.2, 0.25) is 11.8 Å². The van der Waals surface area contributed by atoms with E-state index < -0.39 is 18.4 Å². The molecule has 0 spiro atoms. The van der Waals surface area contributed by atoms with Crippen LogP contribution in [0, 0.1) is 0 Å². The van der Waals surface area contributed by atoms with Gasteiger partial charge in [-0.05, 0) is 6.42 Å². The van der Waals surface area contributed by atoms with Gasteiger partial charge >= 0.3 is 5.97 Å². The summed E-state index contributed by atoms with van der Waals surface area (Å²) in [6, 6.07) is 0. The smallest absolute Gasteiger partial charge is 0.322 e. The number of unbranched alkanes of at least 4 members (excludes halogenated alkanes) is 2. The van der Waals surface area contributed by atoms with Crippen LogP contribution in [0.25, 0.3) is 0 Å². The molecule has 6 nitrogen and oxygen atoms in total. The van der Waals surface area contributed by atoms with Gasteiger partial charge in [0.15, 0.2) is 0 Å². The van der Waals surface area contributed by atoms with Gasteiger partial charge in [-0.3, -0.25) is 14.4 Å². The number of hydrogen-bond donors (Lipinski definition) is 3. The Morgan fingerprint density at radius 1 is 1.00 bits per heavy atom. The molecule has 0 bridgehead atoms. The molecule has 2 amide bonds. The van der Waals surface area contributed by atoms with Gasteiger partial charge in [0.05, 0.1) is 6.54 Å². The Bertz CT molecular complexity index is 253. The molecule has 0 rings (SSSR count). The van der Waals surface area contributed by atoms with Crippen molar-refractivity contribution < 1.29 is 19.5 Å². The van der Waals surface area contributed by atoms with Crippen molar-refractivity contribution in [2.75, 3.05) is 13.1 Å². The number of amides is 2. The fourth-order valence-corrected chi connectivity index (χ4v) is 1.04. The minimum absolute atomic E-state index is 0.168. The molecule has 0 atom stereocenters. The van der Waals surface area contributed by atoms with E-state index in [-0.39, 0.29) is 12.5 Å². The molecule has 0 heterocycles. The van der Waals surface area contributed by atoms with Gasteiger partial charge in [-0.15, -0.1) is 0 Å². The monoisotopic (exact) mass is 230 g/mol. The van der Waals surface area contributed by atoms with E-state index in [0.29, 0.717) is 6.42 Å². The zero-order valence-electron chi connectivity index (χ0n) is 9.41. The maximum Gasteiger partial charge on any atom is 0.322 e. The lowest BCUT2D eigenvalue weighted by Gasteiger charge is -2.04. The van der Waals surface area contributed by atoms with Crippen molar-refractivity contribution in [3.63, 3.8) is 0 Å². The van der Waals surface area contributed by atoms with Crippen LogP contribution >= 0.6 is 0 Å². The van der Waals surface area contributed by atoms with Crippen LogP contribution in [0.4, 0.5) is 0 Å². The van der Waals surface area contributed by atoms with Crippen LogP contribution < -0.4 is 10.6 Å². The van der Waals surface area contributed by atoms with Crippen molar-refractivity contribution in [2.45, 2.75) is 32.6 Å². The van der Waals surface area contributed by atoms with Crippen LogP contribution in [-0.2, 0) is 14.4 Å². The number of carboxylic acids is 1. The molecule has 0 aliphatic rings. The third-order valence-electron chi connectivity index (χ3n) is 1.89. The lowest BCUT2D eigenvalue weighted by Crippen LogP contribution is -2.38. The number of carbonyl (C=O) groups is 3. The number of rotatable bonds is 8. The molecule has 16 heavy (non-hydrogen) atoms.